The lowest BCUT2D eigenvalue weighted by Crippen LogP contribution is -2.57. The first-order valence-electron chi connectivity index (χ1n) is 5.53. The molecule has 0 aromatic rings. The van der Waals surface area contributed by atoms with Crippen LogP contribution in [0.25, 0.3) is 0 Å². The van der Waals surface area contributed by atoms with E-state index in [1.54, 1.807) is 6.92 Å². The van der Waals surface area contributed by atoms with Crippen molar-refractivity contribution in [1.29, 1.82) is 0 Å². The molecule has 1 rings (SSSR count). The second kappa shape index (κ2) is 6.03. The lowest BCUT2D eigenvalue weighted by atomic mass is 10.2. The van der Waals surface area contributed by atoms with Crippen molar-refractivity contribution in [3.05, 3.63) is 0 Å². The first-order chi connectivity index (χ1) is 8.31. The molecule has 0 aromatic heterocycles. The van der Waals surface area contributed by atoms with Gasteiger partial charge in [-0.15, -0.1) is 0 Å². The van der Waals surface area contributed by atoms with Crippen LogP contribution >= 0.6 is 0 Å². The van der Waals surface area contributed by atoms with E-state index in [9.17, 15) is 22.8 Å². The highest BCUT2D eigenvalue weighted by molar-refractivity contribution is 5.94. The number of hydrogen-bond donors (Lipinski definition) is 1. The Labute approximate surface area is 102 Å². The van der Waals surface area contributed by atoms with Crippen LogP contribution in [-0.4, -0.2) is 55.2 Å². The zero-order valence-electron chi connectivity index (χ0n) is 9.92. The minimum absolute atomic E-state index is 0.0629. The summed E-state index contributed by atoms with van der Waals surface area (Å²) in [6.07, 6.45) is -4.08. The topological polar surface area (TPSA) is 58.6 Å². The molecule has 1 heterocycles. The van der Waals surface area contributed by atoms with E-state index >= 15 is 0 Å². The Hall–Kier alpha value is -1.31. The molecular formula is C10H15F3N2O3. The zero-order chi connectivity index (χ0) is 13.8. The molecule has 1 aliphatic rings. The summed E-state index contributed by atoms with van der Waals surface area (Å²) in [5.41, 5.74) is 0. The first-order valence-corrected chi connectivity index (χ1v) is 5.53. The Morgan fingerprint density at radius 2 is 2.11 bits per heavy atom. The average molecular weight is 268 g/mol. The largest absolute Gasteiger partial charge is 0.411 e. The molecular weight excluding hydrogens is 253 g/mol. The predicted octanol–water partition coefficient (Wildman–Crippen LogP) is 0.302. The fourth-order valence-electron chi connectivity index (χ4n) is 1.61. The fourth-order valence-corrected chi connectivity index (χ4v) is 1.61. The van der Waals surface area contributed by atoms with E-state index in [1.165, 1.54) is 4.90 Å². The molecule has 18 heavy (non-hydrogen) atoms. The summed E-state index contributed by atoms with van der Waals surface area (Å²) >= 11 is 0. The summed E-state index contributed by atoms with van der Waals surface area (Å²) in [5.74, 6) is -0.497. The molecule has 0 saturated carbocycles. The summed E-state index contributed by atoms with van der Waals surface area (Å²) in [6, 6.07) is -0.589. The van der Waals surface area contributed by atoms with Crippen LogP contribution in [0.2, 0.25) is 0 Å². The van der Waals surface area contributed by atoms with Gasteiger partial charge in [-0.1, -0.05) is 0 Å². The molecule has 1 atom stereocenters. The van der Waals surface area contributed by atoms with E-state index in [-0.39, 0.29) is 37.9 Å². The maximum atomic E-state index is 11.8. The van der Waals surface area contributed by atoms with Crippen molar-refractivity contribution in [1.82, 2.24) is 10.2 Å². The molecule has 0 radical (unpaired) electrons. The van der Waals surface area contributed by atoms with Crippen molar-refractivity contribution in [2.45, 2.75) is 25.6 Å². The number of carbonyl (C=O) groups excluding carboxylic acids is 2. The third-order valence-corrected chi connectivity index (χ3v) is 2.53. The van der Waals surface area contributed by atoms with Gasteiger partial charge >= 0.3 is 6.18 Å². The van der Waals surface area contributed by atoms with Gasteiger partial charge < -0.3 is 15.0 Å². The Morgan fingerprint density at radius 3 is 2.72 bits per heavy atom. The molecule has 1 aliphatic heterocycles. The Bertz CT molecular complexity index is 320. The number of halogens is 3. The SMILES string of the molecule is CC1C(=O)NCC(=O)N1CCCOCC(F)(F)F. The van der Waals surface area contributed by atoms with Gasteiger partial charge in [0.1, 0.15) is 12.6 Å². The second-order valence-electron chi connectivity index (χ2n) is 4.00. The van der Waals surface area contributed by atoms with Crippen molar-refractivity contribution in [2.24, 2.45) is 0 Å². The summed E-state index contributed by atoms with van der Waals surface area (Å²) in [7, 11) is 0. The highest BCUT2D eigenvalue weighted by atomic mass is 19.4. The van der Waals surface area contributed by atoms with Gasteiger partial charge in [-0.05, 0) is 13.3 Å². The Balaban J connectivity index is 2.25. The molecule has 0 aliphatic carbocycles. The minimum atomic E-state index is -4.34. The number of carbonyl (C=O) groups is 2. The molecule has 0 aromatic carbocycles. The molecule has 8 heteroatoms. The third-order valence-electron chi connectivity index (χ3n) is 2.53. The van der Waals surface area contributed by atoms with Crippen LogP contribution in [0.4, 0.5) is 13.2 Å². The van der Waals surface area contributed by atoms with Gasteiger partial charge in [-0.3, -0.25) is 9.59 Å². The molecule has 1 N–H and O–H groups in total. The summed E-state index contributed by atoms with van der Waals surface area (Å²) in [5, 5.41) is 2.42. The quantitative estimate of drug-likeness (QED) is 0.730. The molecule has 1 unspecified atom stereocenters. The van der Waals surface area contributed by atoms with E-state index in [2.05, 4.69) is 10.1 Å². The van der Waals surface area contributed by atoms with Crippen molar-refractivity contribution in [3.8, 4) is 0 Å². The predicted molar refractivity (Wildman–Crippen MR) is 55.7 cm³/mol. The van der Waals surface area contributed by atoms with Gasteiger partial charge in [0.05, 0.1) is 6.54 Å². The standard InChI is InChI=1S/C10H15F3N2O3/c1-7-9(17)14-5-8(16)15(7)3-2-4-18-6-10(11,12)13/h7H,2-6H2,1H3,(H,14,17). The van der Waals surface area contributed by atoms with Crippen LogP contribution in [-0.2, 0) is 14.3 Å². The summed E-state index contributed by atoms with van der Waals surface area (Å²) < 4.78 is 39.7. The lowest BCUT2D eigenvalue weighted by molar-refractivity contribution is -0.174. The maximum absolute atomic E-state index is 11.8. The monoisotopic (exact) mass is 268 g/mol. The number of piperazine rings is 1. The number of nitrogens with one attached hydrogen (secondary N) is 1. The smallest absolute Gasteiger partial charge is 0.372 e. The molecule has 2 amide bonds. The Morgan fingerprint density at radius 1 is 1.44 bits per heavy atom. The van der Waals surface area contributed by atoms with Crippen molar-refractivity contribution in [3.63, 3.8) is 0 Å². The van der Waals surface area contributed by atoms with Crippen molar-refractivity contribution >= 4 is 11.8 Å². The van der Waals surface area contributed by atoms with Crippen LogP contribution in [0.3, 0.4) is 0 Å². The van der Waals surface area contributed by atoms with E-state index in [4.69, 9.17) is 0 Å². The van der Waals surface area contributed by atoms with Crippen LogP contribution in [0, 0.1) is 0 Å². The number of hydrogen-bond acceptors (Lipinski definition) is 3. The second-order valence-corrected chi connectivity index (χ2v) is 4.00. The van der Waals surface area contributed by atoms with Crippen molar-refractivity contribution < 1.29 is 27.5 Å². The molecule has 0 bridgehead atoms. The summed E-state index contributed by atoms with van der Waals surface area (Å²) in [4.78, 5) is 24.1. The zero-order valence-corrected chi connectivity index (χ0v) is 9.92. The number of ether oxygens (including phenoxy) is 1. The van der Waals surface area contributed by atoms with E-state index < -0.39 is 18.8 Å². The average Bonchev–Trinajstić information content (AvgIpc) is 2.26. The van der Waals surface area contributed by atoms with E-state index in [1.807, 2.05) is 0 Å². The molecule has 5 nitrogen and oxygen atoms in total. The molecule has 104 valence electrons. The molecule has 1 fully saturated rings. The number of alkyl halides is 3. The Kier molecular flexibility index (Phi) is 4.94. The highest BCUT2D eigenvalue weighted by Crippen LogP contribution is 2.14. The normalized spacial score (nSPS) is 21.1. The van der Waals surface area contributed by atoms with Crippen LogP contribution in [0.1, 0.15) is 13.3 Å². The van der Waals surface area contributed by atoms with Gasteiger partial charge in [0.15, 0.2) is 0 Å². The maximum Gasteiger partial charge on any atom is 0.411 e. The number of rotatable bonds is 5. The van der Waals surface area contributed by atoms with E-state index in [0.717, 1.165) is 0 Å². The van der Waals surface area contributed by atoms with Gasteiger partial charge in [-0.2, -0.15) is 13.2 Å². The number of nitrogens with zero attached hydrogens (tertiary/aromatic N) is 1. The molecule has 1 saturated heterocycles. The fraction of sp³-hybridized carbons (Fsp3) is 0.800. The van der Waals surface area contributed by atoms with Gasteiger partial charge in [-0.25, -0.2) is 0 Å². The number of amides is 2. The lowest BCUT2D eigenvalue weighted by Gasteiger charge is -2.32. The minimum Gasteiger partial charge on any atom is -0.372 e. The van der Waals surface area contributed by atoms with Gasteiger partial charge in [0, 0.05) is 13.2 Å². The molecule has 0 spiro atoms. The third kappa shape index (κ3) is 4.52. The van der Waals surface area contributed by atoms with Gasteiger partial charge in [0.25, 0.3) is 0 Å². The van der Waals surface area contributed by atoms with E-state index in [0.29, 0.717) is 0 Å². The van der Waals surface area contributed by atoms with Gasteiger partial charge in [0.2, 0.25) is 11.8 Å². The first kappa shape index (κ1) is 14.7. The van der Waals surface area contributed by atoms with Crippen LogP contribution in [0.15, 0.2) is 0 Å². The summed E-state index contributed by atoms with van der Waals surface area (Å²) in [6.45, 7) is 0.329. The van der Waals surface area contributed by atoms with Crippen molar-refractivity contribution in [2.75, 3.05) is 26.3 Å². The van der Waals surface area contributed by atoms with Crippen LogP contribution < -0.4 is 5.32 Å². The van der Waals surface area contributed by atoms with Crippen LogP contribution in [0.5, 0.6) is 0 Å². The highest BCUT2D eigenvalue weighted by Gasteiger charge is 2.30.